The van der Waals surface area contributed by atoms with Crippen LogP contribution in [0.4, 0.5) is 5.69 Å². The summed E-state index contributed by atoms with van der Waals surface area (Å²) in [6, 6.07) is 4.16. The minimum atomic E-state index is -0.732. The second-order valence-electron chi connectivity index (χ2n) is 5.81. The molecule has 0 radical (unpaired) electrons. The van der Waals surface area contributed by atoms with E-state index in [-0.39, 0.29) is 23.8 Å². The Hall–Kier alpha value is -2.09. The van der Waals surface area contributed by atoms with Crippen LogP contribution >= 0.6 is 11.8 Å². The summed E-state index contributed by atoms with van der Waals surface area (Å²) in [6.45, 7) is 3.08. The number of nitro benzene ring substituents is 1. The van der Waals surface area contributed by atoms with Crippen LogP contribution < -0.4 is 0 Å². The third-order valence-electron chi connectivity index (χ3n) is 3.95. The van der Waals surface area contributed by atoms with E-state index in [1.165, 1.54) is 30.0 Å². The van der Waals surface area contributed by atoms with Gasteiger partial charge in [0.15, 0.2) is 6.61 Å². The molecule has 2 rings (SSSR count). The SMILES string of the molecule is CSc1ccc(C(=O)OCC(=O)N2CCC[C@H](C)C2)cc1[N+](=O)[O-]. The van der Waals surface area contributed by atoms with E-state index in [9.17, 15) is 19.7 Å². The Morgan fingerprint density at radius 1 is 1.46 bits per heavy atom. The summed E-state index contributed by atoms with van der Waals surface area (Å²) in [5.74, 6) is -0.519. The smallest absolute Gasteiger partial charge is 0.338 e. The van der Waals surface area contributed by atoms with E-state index < -0.39 is 10.9 Å². The number of hydrogen-bond acceptors (Lipinski definition) is 6. The Bertz CT molecular complexity index is 649. The van der Waals surface area contributed by atoms with Crippen molar-refractivity contribution < 1.29 is 19.2 Å². The first-order valence-electron chi connectivity index (χ1n) is 7.69. The number of amides is 1. The molecule has 0 unspecified atom stereocenters. The van der Waals surface area contributed by atoms with E-state index in [2.05, 4.69) is 6.92 Å². The molecule has 7 nitrogen and oxygen atoms in total. The molecule has 8 heteroatoms. The maximum Gasteiger partial charge on any atom is 0.338 e. The fraction of sp³-hybridized carbons (Fsp3) is 0.500. The minimum absolute atomic E-state index is 0.0688. The summed E-state index contributed by atoms with van der Waals surface area (Å²) in [5, 5.41) is 11.0. The van der Waals surface area contributed by atoms with Gasteiger partial charge in [-0.25, -0.2) is 4.79 Å². The number of thioether (sulfide) groups is 1. The van der Waals surface area contributed by atoms with Crippen LogP contribution in [0.3, 0.4) is 0 Å². The van der Waals surface area contributed by atoms with Gasteiger partial charge in [-0.1, -0.05) is 6.92 Å². The zero-order chi connectivity index (χ0) is 17.7. The predicted octanol–water partition coefficient (Wildman–Crippen LogP) is 2.73. The number of hydrogen-bond donors (Lipinski definition) is 0. The molecule has 1 atom stereocenters. The number of benzene rings is 1. The van der Waals surface area contributed by atoms with Gasteiger partial charge in [0.1, 0.15) is 0 Å². The molecule has 0 spiro atoms. The van der Waals surface area contributed by atoms with E-state index in [0.29, 0.717) is 23.9 Å². The third kappa shape index (κ3) is 4.47. The predicted molar refractivity (Wildman–Crippen MR) is 90.1 cm³/mol. The molecule has 1 fully saturated rings. The van der Waals surface area contributed by atoms with Crippen LogP contribution in [0.2, 0.25) is 0 Å². The molecule has 1 saturated heterocycles. The highest BCUT2D eigenvalue weighted by molar-refractivity contribution is 7.98. The van der Waals surface area contributed by atoms with E-state index in [1.807, 2.05) is 0 Å². The van der Waals surface area contributed by atoms with Crippen LogP contribution in [0.1, 0.15) is 30.1 Å². The summed E-state index contributed by atoms with van der Waals surface area (Å²) < 4.78 is 5.03. The van der Waals surface area contributed by atoms with Gasteiger partial charge in [-0.15, -0.1) is 11.8 Å². The van der Waals surface area contributed by atoms with Crippen LogP contribution in [0.25, 0.3) is 0 Å². The van der Waals surface area contributed by atoms with Crippen LogP contribution in [0.5, 0.6) is 0 Å². The largest absolute Gasteiger partial charge is 0.452 e. The molecule has 0 bridgehead atoms. The number of carbonyl (C=O) groups is 2. The van der Waals surface area contributed by atoms with Gasteiger partial charge in [0.05, 0.1) is 15.4 Å². The van der Waals surface area contributed by atoms with E-state index in [4.69, 9.17) is 4.74 Å². The molecule has 24 heavy (non-hydrogen) atoms. The van der Waals surface area contributed by atoms with Crippen molar-refractivity contribution in [3.05, 3.63) is 33.9 Å². The van der Waals surface area contributed by atoms with Crippen molar-refractivity contribution in [3.63, 3.8) is 0 Å². The van der Waals surface area contributed by atoms with Crippen LogP contribution in [-0.2, 0) is 9.53 Å². The zero-order valence-corrected chi connectivity index (χ0v) is 14.5. The summed E-state index contributed by atoms with van der Waals surface area (Å²) in [7, 11) is 0. The van der Waals surface area contributed by atoms with Gasteiger partial charge in [0.25, 0.3) is 11.6 Å². The maximum atomic E-state index is 12.1. The lowest BCUT2D eigenvalue weighted by atomic mass is 10.0. The number of rotatable bonds is 5. The Kier molecular flexibility index (Phi) is 6.19. The van der Waals surface area contributed by atoms with Gasteiger partial charge in [-0.3, -0.25) is 14.9 Å². The quantitative estimate of drug-likeness (QED) is 0.350. The van der Waals surface area contributed by atoms with Gasteiger partial charge in [-0.2, -0.15) is 0 Å². The first kappa shape index (κ1) is 18.3. The number of esters is 1. The number of nitro groups is 1. The van der Waals surface area contributed by atoms with Crippen molar-refractivity contribution >= 4 is 29.3 Å². The topological polar surface area (TPSA) is 89.8 Å². The molecule has 1 aliphatic heterocycles. The van der Waals surface area contributed by atoms with Crippen LogP contribution in [0.15, 0.2) is 23.1 Å². The number of ether oxygens (including phenoxy) is 1. The van der Waals surface area contributed by atoms with Crippen LogP contribution in [0, 0.1) is 16.0 Å². The molecular weight excluding hydrogens is 332 g/mol. The normalized spacial score (nSPS) is 17.4. The highest BCUT2D eigenvalue weighted by Crippen LogP contribution is 2.28. The van der Waals surface area contributed by atoms with Crippen molar-refractivity contribution in [3.8, 4) is 0 Å². The number of likely N-dealkylation sites (tertiary alicyclic amines) is 1. The minimum Gasteiger partial charge on any atom is -0.452 e. The number of nitrogens with zero attached hydrogens (tertiary/aromatic N) is 2. The second kappa shape index (κ2) is 8.14. The first-order chi connectivity index (χ1) is 11.4. The van der Waals surface area contributed by atoms with Gasteiger partial charge in [0, 0.05) is 19.2 Å². The third-order valence-corrected chi connectivity index (χ3v) is 4.73. The second-order valence-corrected chi connectivity index (χ2v) is 6.66. The Labute approximate surface area is 144 Å². The fourth-order valence-electron chi connectivity index (χ4n) is 2.68. The molecule has 0 saturated carbocycles. The lowest BCUT2D eigenvalue weighted by Crippen LogP contribution is -2.41. The lowest BCUT2D eigenvalue weighted by Gasteiger charge is -2.30. The van der Waals surface area contributed by atoms with Gasteiger partial charge < -0.3 is 9.64 Å². The monoisotopic (exact) mass is 352 g/mol. The number of piperidine rings is 1. The summed E-state index contributed by atoms with van der Waals surface area (Å²) >= 11 is 1.23. The Morgan fingerprint density at radius 3 is 2.83 bits per heavy atom. The molecule has 1 amide bonds. The standard InChI is InChI=1S/C16H20N2O5S/c1-11-4-3-7-17(9-11)15(19)10-23-16(20)12-5-6-14(24-2)13(8-12)18(21)22/h5-6,8,11H,3-4,7,9-10H2,1-2H3/t11-/m0/s1. The molecule has 1 heterocycles. The number of carbonyl (C=O) groups excluding carboxylic acids is 2. The van der Waals surface area contributed by atoms with Crippen LogP contribution in [-0.4, -0.2) is 47.7 Å². The molecule has 130 valence electrons. The fourth-order valence-corrected chi connectivity index (χ4v) is 3.22. The van der Waals surface area contributed by atoms with Crippen molar-refractivity contribution in [1.82, 2.24) is 4.90 Å². The molecule has 0 aromatic heterocycles. The summed E-state index contributed by atoms with van der Waals surface area (Å²) in [5.41, 5.74) is -0.0764. The molecule has 1 aromatic rings. The maximum absolute atomic E-state index is 12.1. The van der Waals surface area contributed by atoms with Crippen molar-refractivity contribution in [2.24, 2.45) is 5.92 Å². The lowest BCUT2D eigenvalue weighted by molar-refractivity contribution is -0.387. The molecule has 0 N–H and O–H groups in total. The first-order valence-corrected chi connectivity index (χ1v) is 8.92. The van der Waals surface area contributed by atoms with Crippen molar-refractivity contribution in [2.75, 3.05) is 26.0 Å². The molecular formula is C16H20N2O5S. The van der Waals surface area contributed by atoms with Gasteiger partial charge >= 0.3 is 5.97 Å². The summed E-state index contributed by atoms with van der Waals surface area (Å²) in [4.78, 5) is 36.8. The van der Waals surface area contributed by atoms with Crippen molar-refractivity contribution in [1.29, 1.82) is 0 Å². The molecule has 1 aliphatic rings. The Morgan fingerprint density at radius 2 is 2.21 bits per heavy atom. The highest BCUT2D eigenvalue weighted by Gasteiger charge is 2.23. The van der Waals surface area contributed by atoms with Crippen molar-refractivity contribution in [2.45, 2.75) is 24.7 Å². The van der Waals surface area contributed by atoms with E-state index in [0.717, 1.165) is 12.8 Å². The molecule has 0 aliphatic carbocycles. The Balaban J connectivity index is 1.98. The average molecular weight is 352 g/mol. The van der Waals surface area contributed by atoms with Gasteiger partial charge in [0.2, 0.25) is 0 Å². The van der Waals surface area contributed by atoms with E-state index in [1.54, 1.807) is 11.2 Å². The van der Waals surface area contributed by atoms with E-state index >= 15 is 0 Å². The average Bonchev–Trinajstić information content (AvgIpc) is 2.58. The van der Waals surface area contributed by atoms with Gasteiger partial charge in [-0.05, 0) is 37.1 Å². The summed E-state index contributed by atoms with van der Waals surface area (Å²) in [6.07, 6.45) is 3.76. The zero-order valence-electron chi connectivity index (χ0n) is 13.7. The highest BCUT2D eigenvalue weighted by atomic mass is 32.2. The molecule has 1 aromatic carbocycles.